The lowest BCUT2D eigenvalue weighted by molar-refractivity contribution is -0.142. The van der Waals surface area contributed by atoms with Crippen molar-refractivity contribution in [1.29, 1.82) is 0 Å². The average Bonchev–Trinajstić information content (AvgIpc) is 3.27. The van der Waals surface area contributed by atoms with E-state index in [0.717, 1.165) is 12.8 Å². The molecule has 1 aliphatic rings. The van der Waals surface area contributed by atoms with Gasteiger partial charge in [0.1, 0.15) is 0 Å². The number of carboxylic acid groups (broad SMARTS) is 1. The number of pyridine rings is 1. The molecule has 0 radical (unpaired) electrons. The van der Waals surface area contributed by atoms with E-state index in [0.29, 0.717) is 5.69 Å². The van der Waals surface area contributed by atoms with E-state index >= 15 is 0 Å². The third kappa shape index (κ3) is 3.91. The van der Waals surface area contributed by atoms with Gasteiger partial charge in [-0.15, -0.1) is 0 Å². The van der Waals surface area contributed by atoms with Crippen LogP contribution in [0.2, 0.25) is 0 Å². The number of aliphatic carboxylic acids is 1. The van der Waals surface area contributed by atoms with Crippen LogP contribution in [0.15, 0.2) is 30.5 Å². The van der Waals surface area contributed by atoms with Gasteiger partial charge in [0.05, 0.1) is 11.6 Å². The van der Waals surface area contributed by atoms with Crippen molar-refractivity contribution in [3.05, 3.63) is 36.2 Å². The second kappa shape index (κ2) is 6.32. The molecule has 1 N–H and O–H groups in total. The topological polar surface area (TPSA) is 70.5 Å². The van der Waals surface area contributed by atoms with Gasteiger partial charge < -0.3 is 10.0 Å². The maximum Gasteiger partial charge on any atom is 0.308 e. The van der Waals surface area contributed by atoms with Gasteiger partial charge in [-0.1, -0.05) is 13.0 Å². The van der Waals surface area contributed by atoms with Crippen LogP contribution in [-0.2, 0) is 9.59 Å². The molecule has 0 bridgehead atoms. The van der Waals surface area contributed by atoms with Crippen molar-refractivity contribution >= 4 is 18.0 Å². The monoisotopic (exact) mass is 274 g/mol. The number of nitrogens with zero attached hydrogens (tertiary/aromatic N) is 2. The molecule has 1 unspecified atom stereocenters. The second-order valence-corrected chi connectivity index (χ2v) is 5.05. The molecule has 1 fully saturated rings. The average molecular weight is 274 g/mol. The summed E-state index contributed by atoms with van der Waals surface area (Å²) in [4.78, 5) is 28.8. The molecule has 0 aliphatic heterocycles. The molecule has 1 aromatic heterocycles. The first-order valence-corrected chi connectivity index (χ1v) is 6.70. The fourth-order valence-corrected chi connectivity index (χ4v) is 1.91. The van der Waals surface area contributed by atoms with E-state index in [1.165, 1.54) is 6.08 Å². The van der Waals surface area contributed by atoms with Crippen molar-refractivity contribution in [3.63, 3.8) is 0 Å². The maximum absolute atomic E-state index is 12.2. The summed E-state index contributed by atoms with van der Waals surface area (Å²) < 4.78 is 0. The first-order valence-electron chi connectivity index (χ1n) is 6.70. The Morgan fingerprint density at radius 3 is 2.80 bits per heavy atom. The van der Waals surface area contributed by atoms with Crippen LogP contribution in [0.5, 0.6) is 0 Å². The Morgan fingerprint density at radius 2 is 2.25 bits per heavy atom. The van der Waals surface area contributed by atoms with Gasteiger partial charge in [0.25, 0.3) is 0 Å². The number of carbonyl (C=O) groups excluding carboxylic acids is 1. The van der Waals surface area contributed by atoms with E-state index in [1.807, 2.05) is 18.2 Å². The molecule has 0 spiro atoms. The van der Waals surface area contributed by atoms with Gasteiger partial charge in [-0.2, -0.15) is 0 Å². The number of hydrogen-bond donors (Lipinski definition) is 1. The zero-order valence-corrected chi connectivity index (χ0v) is 11.4. The summed E-state index contributed by atoms with van der Waals surface area (Å²) in [5.41, 5.74) is 0.711. The van der Waals surface area contributed by atoms with E-state index in [2.05, 4.69) is 4.98 Å². The summed E-state index contributed by atoms with van der Waals surface area (Å²) in [6.07, 6.45) is 6.69. The summed E-state index contributed by atoms with van der Waals surface area (Å²) in [6.45, 7) is 1.87. The molecule has 5 heteroatoms. The first-order chi connectivity index (χ1) is 9.58. The lowest BCUT2D eigenvalue weighted by Crippen LogP contribution is -2.37. The van der Waals surface area contributed by atoms with Gasteiger partial charge in [0, 0.05) is 24.9 Å². The molecule has 20 heavy (non-hydrogen) atoms. The van der Waals surface area contributed by atoms with Crippen LogP contribution >= 0.6 is 0 Å². The minimum Gasteiger partial charge on any atom is -0.481 e. The van der Waals surface area contributed by atoms with Gasteiger partial charge >= 0.3 is 5.97 Å². The molecule has 1 saturated carbocycles. The standard InChI is InChI=1S/C15H18N2O3/c1-11(15(19)20)10-17(13-6-7-13)14(18)8-5-12-4-2-3-9-16-12/h2-5,8-9,11,13H,6-7,10H2,1H3,(H,19,20)/b8-5+. The third-order valence-electron chi connectivity index (χ3n) is 3.25. The molecular weight excluding hydrogens is 256 g/mol. The quantitative estimate of drug-likeness (QED) is 0.803. The minimum atomic E-state index is -0.878. The maximum atomic E-state index is 12.2. The molecular formula is C15H18N2O3. The van der Waals surface area contributed by atoms with E-state index in [4.69, 9.17) is 5.11 Å². The summed E-state index contributed by atoms with van der Waals surface area (Å²) in [6, 6.07) is 5.66. The largest absolute Gasteiger partial charge is 0.481 e. The fourth-order valence-electron chi connectivity index (χ4n) is 1.91. The van der Waals surface area contributed by atoms with Crippen molar-refractivity contribution < 1.29 is 14.7 Å². The normalized spacial score (nSPS) is 16.1. The van der Waals surface area contributed by atoms with Gasteiger partial charge in [0.15, 0.2) is 0 Å². The third-order valence-corrected chi connectivity index (χ3v) is 3.25. The number of carbonyl (C=O) groups is 2. The fraction of sp³-hybridized carbons (Fsp3) is 0.400. The highest BCUT2D eigenvalue weighted by atomic mass is 16.4. The Kier molecular flexibility index (Phi) is 4.50. The summed E-state index contributed by atoms with van der Waals surface area (Å²) in [5.74, 6) is -1.58. The Hall–Kier alpha value is -2.17. The highest BCUT2D eigenvalue weighted by Crippen LogP contribution is 2.28. The second-order valence-electron chi connectivity index (χ2n) is 5.05. The number of aromatic nitrogens is 1. The lowest BCUT2D eigenvalue weighted by atomic mass is 10.1. The van der Waals surface area contributed by atoms with Crippen LogP contribution in [0.3, 0.4) is 0 Å². The molecule has 1 aromatic rings. The summed E-state index contributed by atoms with van der Waals surface area (Å²) >= 11 is 0. The van der Waals surface area contributed by atoms with Crippen molar-refractivity contribution in [2.24, 2.45) is 5.92 Å². The summed E-state index contributed by atoms with van der Waals surface area (Å²) in [7, 11) is 0. The van der Waals surface area contributed by atoms with Crippen LogP contribution in [0, 0.1) is 5.92 Å². The molecule has 2 rings (SSSR count). The van der Waals surface area contributed by atoms with Crippen molar-refractivity contribution in [2.75, 3.05) is 6.54 Å². The van der Waals surface area contributed by atoms with E-state index in [9.17, 15) is 9.59 Å². The van der Waals surface area contributed by atoms with Gasteiger partial charge in [-0.25, -0.2) is 0 Å². The molecule has 0 saturated heterocycles. The van der Waals surface area contributed by atoms with Crippen molar-refractivity contribution in [1.82, 2.24) is 9.88 Å². The van der Waals surface area contributed by atoms with Crippen molar-refractivity contribution in [3.8, 4) is 0 Å². The van der Waals surface area contributed by atoms with E-state index < -0.39 is 11.9 Å². The number of amides is 1. The van der Waals surface area contributed by atoms with Gasteiger partial charge in [0.2, 0.25) is 5.91 Å². The molecule has 5 nitrogen and oxygen atoms in total. The smallest absolute Gasteiger partial charge is 0.308 e. The molecule has 1 amide bonds. The number of rotatable bonds is 6. The number of hydrogen-bond acceptors (Lipinski definition) is 3. The van der Waals surface area contributed by atoms with Crippen molar-refractivity contribution in [2.45, 2.75) is 25.8 Å². The van der Waals surface area contributed by atoms with Crippen LogP contribution in [0.1, 0.15) is 25.5 Å². The summed E-state index contributed by atoms with van der Waals surface area (Å²) in [5, 5.41) is 8.96. The Balaban J connectivity index is 2.00. The molecule has 1 heterocycles. The van der Waals surface area contributed by atoms with Gasteiger partial charge in [-0.05, 0) is 31.1 Å². The first kappa shape index (κ1) is 14.2. The minimum absolute atomic E-state index is 0.147. The molecule has 0 aromatic carbocycles. The predicted octanol–water partition coefficient (Wildman–Crippen LogP) is 1.81. The molecule has 1 atom stereocenters. The zero-order chi connectivity index (χ0) is 14.5. The van der Waals surface area contributed by atoms with Crippen LogP contribution in [0.25, 0.3) is 6.08 Å². The lowest BCUT2D eigenvalue weighted by Gasteiger charge is -2.22. The van der Waals surface area contributed by atoms with E-state index in [-0.39, 0.29) is 18.5 Å². The van der Waals surface area contributed by atoms with Crippen LogP contribution in [0.4, 0.5) is 0 Å². The SMILES string of the molecule is CC(CN(C(=O)/C=C/c1ccccn1)C1CC1)C(=O)O. The highest BCUT2D eigenvalue weighted by Gasteiger charge is 2.33. The van der Waals surface area contributed by atoms with Gasteiger partial charge in [-0.3, -0.25) is 14.6 Å². The van der Waals surface area contributed by atoms with Crippen LogP contribution < -0.4 is 0 Å². The number of carboxylic acids is 1. The Bertz CT molecular complexity index is 509. The Labute approximate surface area is 117 Å². The molecule has 106 valence electrons. The Morgan fingerprint density at radius 1 is 1.50 bits per heavy atom. The van der Waals surface area contributed by atoms with E-state index in [1.54, 1.807) is 24.1 Å². The van der Waals surface area contributed by atoms with Crippen LogP contribution in [-0.4, -0.2) is 39.5 Å². The zero-order valence-electron chi connectivity index (χ0n) is 11.4. The molecule has 1 aliphatic carbocycles. The predicted molar refractivity (Wildman–Crippen MR) is 74.8 cm³/mol. The highest BCUT2D eigenvalue weighted by molar-refractivity contribution is 5.92.